The molecule has 2 aromatic carbocycles. The fourth-order valence-electron chi connectivity index (χ4n) is 3.22. The van der Waals surface area contributed by atoms with Gasteiger partial charge in [-0.15, -0.1) is 0 Å². The van der Waals surface area contributed by atoms with E-state index in [2.05, 4.69) is 21.2 Å². The van der Waals surface area contributed by atoms with Gasteiger partial charge in [0.05, 0.1) is 0 Å². The monoisotopic (exact) mass is 460 g/mol. The lowest BCUT2D eigenvalue weighted by Gasteiger charge is -2.28. The Hall–Kier alpha value is -2.54. The maximum Gasteiger partial charge on any atom is 0.242 e. The molecule has 2 aromatic rings. The quantitative estimate of drug-likeness (QED) is 0.687. The topological polar surface area (TPSA) is 67.9 Å². The predicted molar refractivity (Wildman–Crippen MR) is 114 cm³/mol. The van der Waals surface area contributed by atoms with Crippen LogP contribution >= 0.6 is 15.9 Å². The fourth-order valence-corrected chi connectivity index (χ4v) is 3.48. The van der Waals surface area contributed by atoms with Crippen molar-refractivity contribution in [1.29, 1.82) is 0 Å². The van der Waals surface area contributed by atoms with Crippen LogP contribution in [0.2, 0.25) is 0 Å². The maximum absolute atomic E-state index is 13.0. The van der Waals surface area contributed by atoms with Gasteiger partial charge < -0.3 is 19.7 Å². The van der Waals surface area contributed by atoms with Gasteiger partial charge in [0.1, 0.15) is 19.3 Å². The van der Waals surface area contributed by atoms with Crippen molar-refractivity contribution in [3.8, 4) is 11.5 Å². The minimum Gasteiger partial charge on any atom is -0.486 e. The third kappa shape index (κ3) is 5.50. The Morgan fingerprint density at radius 3 is 2.41 bits per heavy atom. The fraction of sp³-hybridized carbons (Fsp3) is 0.364. The van der Waals surface area contributed by atoms with Crippen LogP contribution in [0.4, 0.5) is 0 Å². The van der Waals surface area contributed by atoms with Gasteiger partial charge in [0.25, 0.3) is 0 Å². The van der Waals surface area contributed by atoms with E-state index in [0.29, 0.717) is 38.3 Å². The number of nitrogens with zero attached hydrogens (tertiary/aromatic N) is 1. The average Bonchev–Trinajstić information content (AvgIpc) is 2.75. The van der Waals surface area contributed by atoms with Gasteiger partial charge >= 0.3 is 0 Å². The van der Waals surface area contributed by atoms with Crippen LogP contribution in [0.1, 0.15) is 24.5 Å². The average molecular weight is 461 g/mol. The Morgan fingerprint density at radius 2 is 1.72 bits per heavy atom. The van der Waals surface area contributed by atoms with Crippen molar-refractivity contribution in [3.63, 3.8) is 0 Å². The first-order chi connectivity index (χ1) is 14.0. The summed E-state index contributed by atoms with van der Waals surface area (Å²) >= 11 is 3.42. The number of likely N-dealkylation sites (N-methyl/N-ethyl adjacent to an activating group) is 1. The van der Waals surface area contributed by atoms with E-state index in [1.807, 2.05) is 42.5 Å². The lowest BCUT2D eigenvalue weighted by molar-refractivity contribution is -0.140. The molecule has 1 aliphatic heterocycles. The molecule has 0 aromatic heterocycles. The normalized spacial score (nSPS) is 13.5. The number of ether oxygens (including phenoxy) is 2. The molecular weight excluding hydrogens is 436 g/mol. The highest BCUT2D eigenvalue weighted by Gasteiger charge is 2.25. The van der Waals surface area contributed by atoms with Gasteiger partial charge in [-0.05, 0) is 48.7 Å². The standard InChI is InChI=1S/C22H25BrN2O4/c1-15(22(27)24-2)25(14-17-3-7-18(23)8-4-17)21(26)10-6-16-5-9-19-20(13-16)29-12-11-28-19/h3-5,7-9,13,15H,6,10-12,14H2,1-2H3,(H,24,27). The van der Waals surface area contributed by atoms with Crippen molar-refractivity contribution in [2.24, 2.45) is 0 Å². The molecule has 1 heterocycles. The number of fused-ring (bicyclic) bond motifs is 1. The number of aryl methyl sites for hydroxylation is 1. The number of carbonyl (C=O) groups excluding carboxylic acids is 2. The van der Waals surface area contributed by atoms with E-state index < -0.39 is 6.04 Å². The van der Waals surface area contributed by atoms with Crippen molar-refractivity contribution in [2.75, 3.05) is 20.3 Å². The molecule has 6 nitrogen and oxygen atoms in total. The number of nitrogens with one attached hydrogen (secondary N) is 1. The number of carbonyl (C=O) groups is 2. The van der Waals surface area contributed by atoms with Crippen LogP contribution < -0.4 is 14.8 Å². The van der Waals surface area contributed by atoms with Gasteiger partial charge in [-0.25, -0.2) is 0 Å². The molecule has 0 saturated carbocycles. The van der Waals surface area contributed by atoms with E-state index in [0.717, 1.165) is 21.3 Å². The molecule has 1 N–H and O–H groups in total. The molecule has 0 radical (unpaired) electrons. The second kappa shape index (κ2) is 9.78. The van der Waals surface area contributed by atoms with Crippen molar-refractivity contribution in [2.45, 2.75) is 32.4 Å². The zero-order chi connectivity index (χ0) is 20.8. The molecule has 29 heavy (non-hydrogen) atoms. The summed E-state index contributed by atoms with van der Waals surface area (Å²) in [5.41, 5.74) is 1.97. The van der Waals surface area contributed by atoms with E-state index >= 15 is 0 Å². The second-order valence-corrected chi connectivity index (χ2v) is 7.83. The van der Waals surface area contributed by atoms with Gasteiger partial charge in [0, 0.05) is 24.5 Å². The summed E-state index contributed by atoms with van der Waals surface area (Å²) in [7, 11) is 1.58. The summed E-state index contributed by atoms with van der Waals surface area (Å²) < 4.78 is 12.1. The van der Waals surface area contributed by atoms with Crippen molar-refractivity contribution < 1.29 is 19.1 Å². The predicted octanol–water partition coefficient (Wildman–Crippen LogP) is 3.32. The van der Waals surface area contributed by atoms with Crippen molar-refractivity contribution in [3.05, 3.63) is 58.1 Å². The van der Waals surface area contributed by atoms with Gasteiger partial charge in [-0.3, -0.25) is 9.59 Å². The molecule has 7 heteroatoms. The van der Waals surface area contributed by atoms with Crippen molar-refractivity contribution in [1.82, 2.24) is 10.2 Å². The van der Waals surface area contributed by atoms with Gasteiger partial charge in [-0.1, -0.05) is 34.1 Å². The number of benzene rings is 2. The van der Waals surface area contributed by atoms with E-state index in [4.69, 9.17) is 9.47 Å². The second-order valence-electron chi connectivity index (χ2n) is 6.92. The Kier molecular flexibility index (Phi) is 7.14. The van der Waals surface area contributed by atoms with Crippen LogP contribution in [0.15, 0.2) is 46.9 Å². The summed E-state index contributed by atoms with van der Waals surface area (Å²) in [6.45, 7) is 3.20. The lowest BCUT2D eigenvalue weighted by Crippen LogP contribution is -2.46. The smallest absolute Gasteiger partial charge is 0.242 e. The number of hydrogen-bond acceptors (Lipinski definition) is 4. The van der Waals surface area contributed by atoms with Crippen molar-refractivity contribution >= 4 is 27.7 Å². The third-order valence-electron chi connectivity index (χ3n) is 4.91. The molecule has 2 amide bonds. The van der Waals surface area contributed by atoms with E-state index in [1.165, 1.54) is 0 Å². The SMILES string of the molecule is CNC(=O)C(C)N(Cc1ccc(Br)cc1)C(=O)CCc1ccc2c(c1)OCCO2. The first-order valence-electron chi connectivity index (χ1n) is 9.62. The van der Waals surface area contributed by atoms with Gasteiger partial charge in [0.2, 0.25) is 11.8 Å². The minimum atomic E-state index is -0.559. The number of hydrogen-bond donors (Lipinski definition) is 1. The van der Waals surface area contributed by atoms with Crippen LogP contribution in [0, 0.1) is 0 Å². The number of halogens is 1. The Bertz CT molecular complexity index is 870. The van der Waals surface area contributed by atoms with Crippen LogP contribution in [0.3, 0.4) is 0 Å². The molecule has 0 aliphatic carbocycles. The minimum absolute atomic E-state index is 0.0705. The molecule has 1 atom stereocenters. The van der Waals surface area contributed by atoms with E-state index in [1.54, 1.807) is 18.9 Å². The maximum atomic E-state index is 13.0. The van der Waals surface area contributed by atoms with Crippen LogP contribution in [-0.4, -0.2) is 43.0 Å². The third-order valence-corrected chi connectivity index (χ3v) is 5.44. The van der Waals surface area contributed by atoms with Crippen LogP contribution in [0.25, 0.3) is 0 Å². The highest BCUT2D eigenvalue weighted by atomic mass is 79.9. The molecule has 154 valence electrons. The molecular formula is C22H25BrN2O4. The molecule has 1 aliphatic rings. The molecule has 0 saturated heterocycles. The van der Waals surface area contributed by atoms with Gasteiger partial charge in [-0.2, -0.15) is 0 Å². The summed E-state index contributed by atoms with van der Waals surface area (Å²) in [5, 5.41) is 2.63. The first-order valence-corrected chi connectivity index (χ1v) is 10.4. The summed E-state index contributed by atoms with van der Waals surface area (Å²) in [4.78, 5) is 26.8. The molecule has 1 unspecified atom stereocenters. The zero-order valence-electron chi connectivity index (χ0n) is 16.6. The Labute approximate surface area is 179 Å². The molecule has 0 bridgehead atoms. The number of rotatable bonds is 7. The van der Waals surface area contributed by atoms with Gasteiger partial charge in [0.15, 0.2) is 11.5 Å². The Morgan fingerprint density at radius 1 is 1.07 bits per heavy atom. The van der Waals surface area contributed by atoms with Crippen LogP contribution in [0.5, 0.6) is 11.5 Å². The Balaban J connectivity index is 1.70. The van der Waals surface area contributed by atoms with Crippen LogP contribution in [-0.2, 0) is 22.6 Å². The summed E-state index contributed by atoms with van der Waals surface area (Å²) in [5.74, 6) is 1.19. The number of amides is 2. The highest BCUT2D eigenvalue weighted by molar-refractivity contribution is 9.10. The first kappa shape index (κ1) is 21.2. The summed E-state index contributed by atoms with van der Waals surface area (Å²) in [6.07, 6.45) is 0.865. The zero-order valence-corrected chi connectivity index (χ0v) is 18.2. The molecule has 0 fully saturated rings. The highest BCUT2D eigenvalue weighted by Crippen LogP contribution is 2.31. The molecule has 0 spiro atoms. The summed E-state index contributed by atoms with van der Waals surface area (Å²) in [6, 6.07) is 12.9. The van der Waals surface area contributed by atoms with E-state index in [9.17, 15) is 9.59 Å². The molecule has 3 rings (SSSR count). The van der Waals surface area contributed by atoms with E-state index in [-0.39, 0.29) is 11.8 Å². The lowest BCUT2D eigenvalue weighted by atomic mass is 10.1. The largest absolute Gasteiger partial charge is 0.486 e.